The first-order valence-electron chi connectivity index (χ1n) is 12.2. The lowest BCUT2D eigenvalue weighted by Crippen LogP contribution is -2.38. The number of halogens is 3. The highest BCUT2D eigenvalue weighted by atomic mass is 32.2. The highest BCUT2D eigenvalue weighted by Crippen LogP contribution is 2.38. The Labute approximate surface area is 232 Å². The molecule has 0 saturated carbocycles. The van der Waals surface area contributed by atoms with Crippen LogP contribution in [0.5, 0.6) is 5.75 Å². The van der Waals surface area contributed by atoms with Crippen molar-refractivity contribution in [1.29, 1.82) is 0 Å². The van der Waals surface area contributed by atoms with Gasteiger partial charge in [-0.15, -0.1) is 16.7 Å². The molecule has 8 nitrogen and oxygen atoms in total. The maximum absolute atomic E-state index is 12.7. The summed E-state index contributed by atoms with van der Waals surface area (Å²) in [6.45, 7) is -1.23. The van der Waals surface area contributed by atoms with E-state index in [0.717, 1.165) is 16.0 Å². The predicted molar refractivity (Wildman–Crippen MR) is 143 cm³/mol. The van der Waals surface area contributed by atoms with Crippen molar-refractivity contribution in [3.63, 3.8) is 0 Å². The van der Waals surface area contributed by atoms with E-state index < -0.39 is 30.9 Å². The van der Waals surface area contributed by atoms with Crippen LogP contribution in [0, 0.1) is 4.91 Å². The molecule has 2 atom stereocenters. The highest BCUT2D eigenvalue weighted by Gasteiger charge is 2.31. The Balaban J connectivity index is 1.36. The second-order valence-electron chi connectivity index (χ2n) is 8.93. The monoisotopic (exact) mass is 574 g/mol. The zero-order chi connectivity index (χ0) is 28.7. The SMILES string of the molecule is O=NC(c1ccccc1)c1ccc2c(c1)SCC(=O)N2CCOc1ccc(CC(OCC(F)(F)F)C(=O)O)cc1. The molecule has 0 aromatic heterocycles. The van der Waals surface area contributed by atoms with Crippen LogP contribution in [0.25, 0.3) is 0 Å². The lowest BCUT2D eigenvalue weighted by molar-refractivity contribution is -0.192. The number of anilines is 1. The number of carbonyl (C=O) groups excluding carboxylic acids is 1. The van der Waals surface area contributed by atoms with E-state index in [9.17, 15) is 27.7 Å². The van der Waals surface area contributed by atoms with Crippen LogP contribution in [0.4, 0.5) is 18.9 Å². The molecule has 3 aromatic carbocycles. The number of hydrogen-bond acceptors (Lipinski definition) is 7. The van der Waals surface area contributed by atoms with E-state index in [2.05, 4.69) is 9.91 Å². The number of alkyl halides is 3. The summed E-state index contributed by atoms with van der Waals surface area (Å²) in [5.74, 6) is -0.893. The molecule has 1 N–H and O–H groups in total. The van der Waals surface area contributed by atoms with Crippen molar-refractivity contribution >= 4 is 29.3 Å². The van der Waals surface area contributed by atoms with Gasteiger partial charge >= 0.3 is 12.1 Å². The lowest BCUT2D eigenvalue weighted by atomic mass is 9.99. The largest absolute Gasteiger partial charge is 0.492 e. The van der Waals surface area contributed by atoms with Crippen molar-refractivity contribution in [2.75, 3.05) is 30.4 Å². The number of hydrogen-bond donors (Lipinski definition) is 1. The molecule has 1 amide bonds. The molecule has 1 aliphatic rings. The zero-order valence-electron chi connectivity index (χ0n) is 21.0. The summed E-state index contributed by atoms with van der Waals surface area (Å²) in [5.41, 5.74) is 2.68. The maximum Gasteiger partial charge on any atom is 0.411 e. The minimum absolute atomic E-state index is 0.0871. The molecule has 0 bridgehead atoms. The molecule has 0 aliphatic carbocycles. The van der Waals surface area contributed by atoms with Crippen LogP contribution in [0.2, 0.25) is 0 Å². The lowest BCUT2D eigenvalue weighted by Gasteiger charge is -2.29. The molecule has 0 radical (unpaired) electrons. The Hall–Kier alpha value is -3.90. The average Bonchev–Trinajstić information content (AvgIpc) is 2.93. The van der Waals surface area contributed by atoms with Gasteiger partial charge in [0.2, 0.25) is 5.91 Å². The van der Waals surface area contributed by atoms with Crippen molar-refractivity contribution < 1.29 is 37.3 Å². The van der Waals surface area contributed by atoms with E-state index in [-0.39, 0.29) is 31.2 Å². The van der Waals surface area contributed by atoms with E-state index in [1.807, 2.05) is 36.4 Å². The van der Waals surface area contributed by atoms with Crippen LogP contribution in [0.1, 0.15) is 22.7 Å². The quantitative estimate of drug-likeness (QED) is 0.279. The fourth-order valence-corrected chi connectivity index (χ4v) is 5.17. The Bertz CT molecular complexity index is 1340. The van der Waals surface area contributed by atoms with Gasteiger partial charge in [0.05, 0.1) is 18.0 Å². The number of carboxylic acids is 1. The van der Waals surface area contributed by atoms with Crippen LogP contribution < -0.4 is 9.64 Å². The van der Waals surface area contributed by atoms with Crippen molar-refractivity contribution in [1.82, 2.24) is 0 Å². The summed E-state index contributed by atoms with van der Waals surface area (Å²) < 4.78 is 47.4. The number of benzene rings is 3. The first-order chi connectivity index (χ1) is 19.1. The number of carboxylic acid groups (broad SMARTS) is 1. The van der Waals surface area contributed by atoms with Crippen molar-refractivity contribution in [2.24, 2.45) is 5.18 Å². The van der Waals surface area contributed by atoms with Gasteiger partial charge in [0.1, 0.15) is 25.0 Å². The number of nitroso groups, excluding NO2 is 1. The first-order valence-corrected chi connectivity index (χ1v) is 13.2. The van der Waals surface area contributed by atoms with Crippen molar-refractivity contribution in [3.05, 3.63) is 94.4 Å². The minimum Gasteiger partial charge on any atom is -0.492 e. The van der Waals surface area contributed by atoms with Crippen LogP contribution >= 0.6 is 11.8 Å². The number of carbonyl (C=O) groups is 2. The molecule has 1 aliphatic heterocycles. The van der Waals surface area contributed by atoms with Gasteiger partial charge in [0.15, 0.2) is 6.10 Å². The third kappa shape index (κ3) is 7.60. The van der Waals surface area contributed by atoms with Gasteiger partial charge < -0.3 is 19.5 Å². The molecule has 4 rings (SSSR count). The highest BCUT2D eigenvalue weighted by molar-refractivity contribution is 8.00. The van der Waals surface area contributed by atoms with Crippen molar-refractivity contribution in [2.45, 2.75) is 29.6 Å². The molecule has 1 heterocycles. The number of amides is 1. The third-order valence-corrected chi connectivity index (χ3v) is 7.14. The van der Waals surface area contributed by atoms with Gasteiger partial charge in [-0.3, -0.25) is 4.79 Å². The summed E-state index contributed by atoms with van der Waals surface area (Å²) >= 11 is 1.39. The standard InChI is InChI=1S/C28H25F3N2O6S/c29-28(30,31)17-39-23(27(35)36)14-18-6-9-21(10-7-18)38-13-12-33-22-11-8-20(15-24(22)40-16-25(33)34)26(32-37)19-4-2-1-3-5-19/h1-11,15,23,26H,12-14,16-17H2,(H,35,36). The van der Waals surface area contributed by atoms with Crippen molar-refractivity contribution in [3.8, 4) is 5.75 Å². The number of ether oxygens (including phenoxy) is 2. The van der Waals surface area contributed by atoms with Crippen LogP contribution in [-0.2, 0) is 20.7 Å². The topological polar surface area (TPSA) is 106 Å². The number of fused-ring (bicyclic) bond motifs is 1. The number of rotatable bonds is 12. The molecule has 0 fully saturated rings. The van der Waals surface area contributed by atoms with E-state index in [0.29, 0.717) is 17.0 Å². The second-order valence-corrected chi connectivity index (χ2v) is 9.95. The van der Waals surface area contributed by atoms with E-state index in [1.165, 1.54) is 11.8 Å². The molecule has 0 spiro atoms. The molecule has 12 heteroatoms. The molecule has 2 unspecified atom stereocenters. The van der Waals surface area contributed by atoms with Gasteiger partial charge in [0.25, 0.3) is 0 Å². The summed E-state index contributed by atoms with van der Waals surface area (Å²) in [7, 11) is 0. The summed E-state index contributed by atoms with van der Waals surface area (Å²) in [4.78, 5) is 38.0. The molecule has 0 saturated heterocycles. The molecular weight excluding hydrogens is 549 g/mol. The normalized spacial score (nSPS) is 14.8. The Morgan fingerprint density at radius 2 is 1.77 bits per heavy atom. The summed E-state index contributed by atoms with van der Waals surface area (Å²) in [5, 5.41) is 12.5. The van der Waals surface area contributed by atoms with E-state index in [1.54, 1.807) is 41.3 Å². The van der Waals surface area contributed by atoms with Crippen LogP contribution in [-0.4, -0.2) is 54.8 Å². The fourth-order valence-electron chi connectivity index (χ4n) is 4.19. The molecule has 40 heavy (non-hydrogen) atoms. The maximum atomic E-state index is 12.7. The van der Waals surface area contributed by atoms with Crippen LogP contribution in [0.15, 0.2) is 82.9 Å². The summed E-state index contributed by atoms with van der Waals surface area (Å²) in [6.07, 6.45) is -6.50. The minimum atomic E-state index is -4.63. The van der Waals surface area contributed by atoms with Gasteiger partial charge in [0, 0.05) is 11.3 Å². The Kier molecular flexibility index (Phi) is 9.43. The van der Waals surface area contributed by atoms with Crippen LogP contribution in [0.3, 0.4) is 0 Å². The average molecular weight is 575 g/mol. The molecule has 210 valence electrons. The fraction of sp³-hybridized carbons (Fsp3) is 0.286. The molecule has 3 aromatic rings. The molecular formula is C28H25F3N2O6S. The third-order valence-electron chi connectivity index (χ3n) is 6.12. The smallest absolute Gasteiger partial charge is 0.411 e. The zero-order valence-corrected chi connectivity index (χ0v) is 21.9. The Morgan fingerprint density at radius 1 is 1.05 bits per heavy atom. The number of thioether (sulfide) groups is 1. The first kappa shape index (κ1) is 29.1. The van der Waals surface area contributed by atoms with Gasteiger partial charge in [-0.2, -0.15) is 13.2 Å². The number of nitrogens with zero attached hydrogens (tertiary/aromatic N) is 2. The van der Waals surface area contributed by atoms with E-state index in [4.69, 9.17) is 9.84 Å². The Morgan fingerprint density at radius 3 is 2.42 bits per heavy atom. The second kappa shape index (κ2) is 13.0. The summed E-state index contributed by atoms with van der Waals surface area (Å²) in [6, 6.07) is 20.3. The van der Waals surface area contributed by atoms with Gasteiger partial charge in [-0.05, 0) is 41.0 Å². The number of aliphatic carboxylic acids is 1. The van der Waals surface area contributed by atoms with E-state index >= 15 is 0 Å². The predicted octanol–water partition coefficient (Wildman–Crippen LogP) is 5.63. The van der Waals surface area contributed by atoms with Gasteiger partial charge in [-0.1, -0.05) is 53.7 Å². The van der Waals surface area contributed by atoms with Gasteiger partial charge in [-0.25, -0.2) is 4.79 Å².